The second kappa shape index (κ2) is 11.2. The van der Waals surface area contributed by atoms with E-state index in [1.165, 1.54) is 18.1 Å². The first-order valence-corrected chi connectivity index (χ1v) is 7.98. The van der Waals surface area contributed by atoms with Gasteiger partial charge in [0, 0.05) is 24.7 Å². The minimum Gasteiger partial charge on any atom is -0.493 e. The number of hydrogen-bond donors (Lipinski definition) is 1. The van der Waals surface area contributed by atoms with Crippen LogP contribution in [0.15, 0.2) is 30.3 Å². The van der Waals surface area contributed by atoms with Gasteiger partial charge in [-0.05, 0) is 18.6 Å². The Labute approximate surface area is 142 Å². The molecule has 0 aliphatic rings. The maximum atomic E-state index is 12.3. The van der Waals surface area contributed by atoms with Crippen LogP contribution in [0.25, 0.3) is 6.08 Å². The van der Waals surface area contributed by atoms with Crippen LogP contribution in [0.5, 0.6) is 5.75 Å². The summed E-state index contributed by atoms with van der Waals surface area (Å²) in [5, 5.41) is 9.08. The van der Waals surface area contributed by atoms with E-state index in [0.717, 1.165) is 12.0 Å². The van der Waals surface area contributed by atoms with Crippen molar-refractivity contribution >= 4 is 18.0 Å². The third-order valence-electron chi connectivity index (χ3n) is 3.28. The Morgan fingerprint density at radius 1 is 1.25 bits per heavy atom. The van der Waals surface area contributed by atoms with Gasteiger partial charge in [0.1, 0.15) is 5.75 Å². The van der Waals surface area contributed by atoms with Gasteiger partial charge < -0.3 is 19.5 Å². The van der Waals surface area contributed by atoms with Gasteiger partial charge in [-0.15, -0.1) is 0 Å². The molecule has 0 fully saturated rings. The monoisotopic (exact) mass is 335 g/mol. The molecule has 0 bridgehead atoms. The molecule has 1 N–H and O–H groups in total. The molecule has 0 radical (unpaired) electrons. The van der Waals surface area contributed by atoms with Crippen molar-refractivity contribution in [1.82, 2.24) is 4.90 Å². The fraction of sp³-hybridized carbons (Fsp3) is 0.444. The Kier molecular flexibility index (Phi) is 9.23. The zero-order valence-electron chi connectivity index (χ0n) is 14.2. The van der Waals surface area contributed by atoms with Crippen molar-refractivity contribution in [3.05, 3.63) is 35.9 Å². The molecule has 0 saturated carbocycles. The topological polar surface area (TPSA) is 76.1 Å². The van der Waals surface area contributed by atoms with E-state index in [0.29, 0.717) is 12.4 Å². The van der Waals surface area contributed by atoms with Crippen molar-refractivity contribution in [2.45, 2.75) is 19.8 Å². The number of ether oxygens (including phenoxy) is 2. The second-order valence-electron chi connectivity index (χ2n) is 5.09. The lowest BCUT2D eigenvalue weighted by atomic mass is 10.2. The minimum absolute atomic E-state index is 0.0896. The average molecular weight is 335 g/mol. The van der Waals surface area contributed by atoms with Gasteiger partial charge in [0.05, 0.1) is 26.7 Å². The first-order chi connectivity index (χ1) is 11.6. The number of aliphatic hydroxyl groups excluding tert-OH is 1. The van der Waals surface area contributed by atoms with Crippen molar-refractivity contribution in [1.29, 1.82) is 0 Å². The van der Waals surface area contributed by atoms with Crippen LogP contribution in [0.4, 0.5) is 0 Å². The number of benzene rings is 1. The van der Waals surface area contributed by atoms with Crippen LogP contribution in [-0.4, -0.2) is 55.3 Å². The van der Waals surface area contributed by atoms with Gasteiger partial charge >= 0.3 is 5.97 Å². The summed E-state index contributed by atoms with van der Waals surface area (Å²) in [6.07, 6.45) is 4.08. The molecule has 0 unspecified atom stereocenters. The molecule has 0 aliphatic carbocycles. The van der Waals surface area contributed by atoms with E-state index in [1.807, 2.05) is 31.2 Å². The maximum Gasteiger partial charge on any atom is 0.307 e. The third-order valence-corrected chi connectivity index (χ3v) is 3.28. The smallest absolute Gasteiger partial charge is 0.307 e. The Bertz CT molecular complexity index is 556. The molecule has 24 heavy (non-hydrogen) atoms. The molecular formula is C18H25NO5. The fourth-order valence-electron chi connectivity index (χ4n) is 2.01. The van der Waals surface area contributed by atoms with Crippen LogP contribution >= 0.6 is 0 Å². The predicted octanol–water partition coefficient (Wildman–Crippen LogP) is 1.87. The number of carbonyl (C=O) groups is 2. The van der Waals surface area contributed by atoms with Gasteiger partial charge in [0.15, 0.2) is 0 Å². The first kappa shape index (κ1) is 19.7. The van der Waals surface area contributed by atoms with E-state index in [-0.39, 0.29) is 32.0 Å². The molecule has 0 heterocycles. The molecule has 1 amide bonds. The number of para-hydroxylation sites is 1. The minimum atomic E-state index is -0.395. The van der Waals surface area contributed by atoms with Gasteiger partial charge in [0.25, 0.3) is 0 Å². The number of aliphatic hydroxyl groups is 1. The lowest BCUT2D eigenvalue weighted by Gasteiger charge is -2.19. The highest BCUT2D eigenvalue weighted by Gasteiger charge is 2.12. The number of amides is 1. The van der Waals surface area contributed by atoms with Gasteiger partial charge in [0.2, 0.25) is 5.91 Å². The third kappa shape index (κ3) is 6.83. The van der Waals surface area contributed by atoms with Gasteiger partial charge in [-0.1, -0.05) is 25.1 Å². The largest absolute Gasteiger partial charge is 0.493 e. The molecule has 0 aromatic heterocycles. The zero-order valence-corrected chi connectivity index (χ0v) is 14.2. The van der Waals surface area contributed by atoms with Crippen LogP contribution in [0.3, 0.4) is 0 Å². The quantitative estimate of drug-likeness (QED) is 0.522. The number of carbonyl (C=O) groups excluding carboxylic acids is 2. The predicted molar refractivity (Wildman–Crippen MR) is 91.6 cm³/mol. The van der Waals surface area contributed by atoms with Crippen LogP contribution < -0.4 is 4.74 Å². The highest BCUT2D eigenvalue weighted by Crippen LogP contribution is 2.19. The van der Waals surface area contributed by atoms with E-state index >= 15 is 0 Å². The summed E-state index contributed by atoms with van der Waals surface area (Å²) < 4.78 is 10.2. The van der Waals surface area contributed by atoms with Gasteiger partial charge in [-0.25, -0.2) is 0 Å². The SMILES string of the molecule is CCCOc1ccccc1/C=C/C(=O)N(CCO)CCC(=O)OC. The molecule has 0 saturated heterocycles. The van der Waals surface area contributed by atoms with E-state index in [9.17, 15) is 9.59 Å². The summed E-state index contributed by atoms with van der Waals surface area (Å²) in [5.74, 6) is 0.0398. The molecule has 1 aromatic rings. The van der Waals surface area contributed by atoms with Crippen LogP contribution in [0.1, 0.15) is 25.3 Å². The van der Waals surface area contributed by atoms with Crippen LogP contribution in [-0.2, 0) is 14.3 Å². The highest BCUT2D eigenvalue weighted by molar-refractivity contribution is 5.92. The molecule has 6 heteroatoms. The lowest BCUT2D eigenvalue weighted by molar-refractivity contribution is -0.141. The normalized spacial score (nSPS) is 10.6. The Hall–Kier alpha value is -2.34. The Balaban J connectivity index is 2.75. The van der Waals surface area contributed by atoms with E-state index < -0.39 is 5.97 Å². The van der Waals surface area contributed by atoms with Gasteiger partial charge in [-0.3, -0.25) is 9.59 Å². The van der Waals surface area contributed by atoms with Crippen LogP contribution in [0.2, 0.25) is 0 Å². The van der Waals surface area contributed by atoms with E-state index in [4.69, 9.17) is 9.84 Å². The van der Waals surface area contributed by atoms with Crippen molar-refractivity contribution in [2.24, 2.45) is 0 Å². The van der Waals surface area contributed by atoms with Crippen molar-refractivity contribution in [3.8, 4) is 5.75 Å². The average Bonchev–Trinajstić information content (AvgIpc) is 2.61. The highest BCUT2D eigenvalue weighted by atomic mass is 16.5. The van der Waals surface area contributed by atoms with E-state index in [2.05, 4.69) is 4.74 Å². The van der Waals surface area contributed by atoms with Crippen molar-refractivity contribution in [2.75, 3.05) is 33.4 Å². The summed E-state index contributed by atoms with van der Waals surface area (Å²) in [4.78, 5) is 24.9. The second-order valence-corrected chi connectivity index (χ2v) is 5.09. The summed E-state index contributed by atoms with van der Waals surface area (Å²) in [6, 6.07) is 7.45. The van der Waals surface area contributed by atoms with Crippen molar-refractivity contribution < 1.29 is 24.2 Å². The number of hydrogen-bond acceptors (Lipinski definition) is 5. The number of nitrogens with zero attached hydrogens (tertiary/aromatic N) is 1. The molecule has 6 nitrogen and oxygen atoms in total. The molecule has 1 rings (SSSR count). The molecule has 0 aliphatic heterocycles. The maximum absolute atomic E-state index is 12.3. The summed E-state index contributed by atoms with van der Waals surface area (Å²) >= 11 is 0. The summed E-state index contributed by atoms with van der Waals surface area (Å²) in [5.41, 5.74) is 0.802. The standard InChI is InChI=1S/C18H25NO5/c1-3-14-24-16-7-5-4-6-15(16)8-9-17(21)19(12-13-20)11-10-18(22)23-2/h4-9,20H,3,10-14H2,1-2H3/b9-8+. The molecule has 0 atom stereocenters. The number of esters is 1. The fourth-order valence-corrected chi connectivity index (χ4v) is 2.01. The zero-order chi connectivity index (χ0) is 17.8. The Morgan fingerprint density at radius 2 is 2.00 bits per heavy atom. The van der Waals surface area contributed by atoms with E-state index in [1.54, 1.807) is 6.08 Å². The Morgan fingerprint density at radius 3 is 2.67 bits per heavy atom. The number of methoxy groups -OCH3 is 1. The number of rotatable bonds is 10. The molecule has 0 spiro atoms. The molecular weight excluding hydrogens is 310 g/mol. The molecule has 1 aromatic carbocycles. The lowest BCUT2D eigenvalue weighted by Crippen LogP contribution is -2.34. The van der Waals surface area contributed by atoms with Crippen molar-refractivity contribution in [3.63, 3.8) is 0 Å². The summed E-state index contributed by atoms with van der Waals surface area (Å²) in [6.45, 7) is 2.82. The van der Waals surface area contributed by atoms with Gasteiger partial charge in [-0.2, -0.15) is 0 Å². The first-order valence-electron chi connectivity index (χ1n) is 7.98. The van der Waals surface area contributed by atoms with Crippen LogP contribution in [0, 0.1) is 0 Å². The molecule has 132 valence electrons. The summed E-state index contributed by atoms with van der Waals surface area (Å²) in [7, 11) is 1.30.